The predicted octanol–water partition coefficient (Wildman–Crippen LogP) is 1.38. The lowest BCUT2D eigenvalue weighted by molar-refractivity contribution is -0.385. The van der Waals surface area contributed by atoms with Gasteiger partial charge in [0.1, 0.15) is 5.54 Å². The van der Waals surface area contributed by atoms with Gasteiger partial charge >= 0.3 is 6.03 Å². The number of imide groups is 1. The molecule has 1 saturated heterocycles. The number of nitrogens with zero attached hydrogens (tertiary/aromatic N) is 3. The van der Waals surface area contributed by atoms with Gasteiger partial charge in [0.05, 0.1) is 22.8 Å². The molecule has 0 bridgehead atoms. The Bertz CT molecular complexity index is 777. The molecule has 1 aromatic rings. The number of nitro groups is 1. The van der Waals surface area contributed by atoms with Gasteiger partial charge in [-0.15, -0.1) is 5.01 Å². The number of ether oxygens (including phenoxy) is 2. The van der Waals surface area contributed by atoms with Crippen LogP contribution < -0.4 is 14.8 Å². The zero-order valence-corrected chi connectivity index (χ0v) is 12.9. The second-order valence-electron chi connectivity index (χ2n) is 5.50. The fourth-order valence-corrected chi connectivity index (χ4v) is 2.34. The molecule has 1 unspecified atom stereocenters. The molecule has 2 heterocycles. The third kappa shape index (κ3) is 2.41. The molecule has 1 aromatic carbocycles. The summed E-state index contributed by atoms with van der Waals surface area (Å²) in [7, 11) is 0. The molecule has 10 heteroatoms. The van der Waals surface area contributed by atoms with E-state index in [0.717, 1.165) is 6.21 Å². The lowest BCUT2D eigenvalue weighted by Gasteiger charge is -2.17. The SMILES string of the molecule is CCC1(C)NC(=O)N(/N=C/c2cc3c(cc2[N+](=O)[O-])OCO3)C1=O. The molecule has 0 aromatic heterocycles. The molecule has 0 aliphatic carbocycles. The molecule has 3 rings (SSSR count). The number of fused-ring (bicyclic) bond motifs is 1. The molecule has 10 nitrogen and oxygen atoms in total. The highest BCUT2D eigenvalue weighted by molar-refractivity contribution is 6.07. The van der Waals surface area contributed by atoms with Crippen LogP contribution in [0.5, 0.6) is 11.5 Å². The van der Waals surface area contributed by atoms with Crippen LogP contribution in [-0.2, 0) is 4.79 Å². The van der Waals surface area contributed by atoms with Gasteiger partial charge in [-0.1, -0.05) is 6.92 Å². The fraction of sp³-hybridized carbons (Fsp3) is 0.357. The topological polar surface area (TPSA) is 123 Å². The van der Waals surface area contributed by atoms with Crippen molar-refractivity contribution in [2.45, 2.75) is 25.8 Å². The highest BCUT2D eigenvalue weighted by Gasteiger charge is 2.46. The first-order chi connectivity index (χ1) is 11.4. The first kappa shape index (κ1) is 15.7. The number of benzene rings is 1. The maximum atomic E-state index is 12.2. The summed E-state index contributed by atoms with van der Waals surface area (Å²) in [4.78, 5) is 34.7. The number of hydrazone groups is 1. The van der Waals surface area contributed by atoms with E-state index in [1.807, 2.05) is 0 Å². The molecule has 126 valence electrons. The van der Waals surface area contributed by atoms with Crippen LogP contribution in [0, 0.1) is 10.1 Å². The van der Waals surface area contributed by atoms with Gasteiger partial charge < -0.3 is 14.8 Å². The van der Waals surface area contributed by atoms with Crippen molar-refractivity contribution in [1.82, 2.24) is 10.3 Å². The Kier molecular flexibility index (Phi) is 3.59. The molecule has 1 fully saturated rings. The molecule has 1 atom stereocenters. The highest BCUT2D eigenvalue weighted by Crippen LogP contribution is 2.37. The molecule has 2 aliphatic rings. The Hall–Kier alpha value is -3.17. The van der Waals surface area contributed by atoms with E-state index < -0.39 is 22.4 Å². The summed E-state index contributed by atoms with van der Waals surface area (Å²) in [6.45, 7) is 3.31. The van der Waals surface area contributed by atoms with Crippen molar-refractivity contribution in [3.8, 4) is 11.5 Å². The monoisotopic (exact) mass is 334 g/mol. The van der Waals surface area contributed by atoms with E-state index in [1.54, 1.807) is 13.8 Å². The van der Waals surface area contributed by atoms with Gasteiger partial charge in [-0.3, -0.25) is 14.9 Å². The minimum Gasteiger partial charge on any atom is -0.454 e. The van der Waals surface area contributed by atoms with E-state index in [4.69, 9.17) is 9.47 Å². The van der Waals surface area contributed by atoms with Crippen molar-refractivity contribution in [2.24, 2.45) is 5.10 Å². The van der Waals surface area contributed by atoms with Crippen LogP contribution in [0.4, 0.5) is 10.5 Å². The summed E-state index contributed by atoms with van der Waals surface area (Å²) in [6, 6.07) is 1.91. The lowest BCUT2D eigenvalue weighted by Crippen LogP contribution is -2.42. The number of nitro benzene ring substituents is 1. The van der Waals surface area contributed by atoms with Gasteiger partial charge in [0.15, 0.2) is 11.5 Å². The van der Waals surface area contributed by atoms with Gasteiger partial charge in [-0.2, -0.15) is 5.10 Å². The minimum absolute atomic E-state index is 0.0328. The zero-order valence-electron chi connectivity index (χ0n) is 12.9. The van der Waals surface area contributed by atoms with Crippen molar-refractivity contribution >= 4 is 23.8 Å². The minimum atomic E-state index is -1.03. The van der Waals surface area contributed by atoms with Gasteiger partial charge in [-0.05, 0) is 19.4 Å². The Balaban J connectivity index is 1.94. The van der Waals surface area contributed by atoms with Crippen LogP contribution in [0.1, 0.15) is 25.8 Å². The molecular weight excluding hydrogens is 320 g/mol. The molecule has 0 spiro atoms. The Morgan fingerprint density at radius 3 is 2.67 bits per heavy atom. The van der Waals surface area contributed by atoms with Crippen molar-refractivity contribution in [2.75, 3.05) is 6.79 Å². The molecule has 2 aliphatic heterocycles. The number of carbonyl (C=O) groups excluding carboxylic acids is 2. The van der Waals surface area contributed by atoms with E-state index in [9.17, 15) is 19.7 Å². The van der Waals surface area contributed by atoms with E-state index in [2.05, 4.69) is 10.4 Å². The molecule has 24 heavy (non-hydrogen) atoms. The summed E-state index contributed by atoms with van der Waals surface area (Å²) in [5.41, 5.74) is -1.21. The van der Waals surface area contributed by atoms with E-state index in [-0.39, 0.29) is 23.8 Å². The number of hydrogen-bond acceptors (Lipinski definition) is 7. The van der Waals surface area contributed by atoms with Crippen LogP contribution in [0.3, 0.4) is 0 Å². The normalized spacial score (nSPS) is 22.3. The van der Waals surface area contributed by atoms with E-state index >= 15 is 0 Å². The number of urea groups is 1. The molecule has 1 N–H and O–H groups in total. The average molecular weight is 334 g/mol. The van der Waals surface area contributed by atoms with Crippen LogP contribution in [0.25, 0.3) is 0 Å². The summed E-state index contributed by atoms with van der Waals surface area (Å²) in [5, 5.41) is 18.2. The van der Waals surface area contributed by atoms with E-state index in [0.29, 0.717) is 17.2 Å². The second kappa shape index (κ2) is 5.48. The molecule has 0 saturated carbocycles. The lowest BCUT2D eigenvalue weighted by atomic mass is 10.00. The second-order valence-corrected chi connectivity index (χ2v) is 5.50. The van der Waals surface area contributed by atoms with Gasteiger partial charge in [0, 0.05) is 0 Å². The van der Waals surface area contributed by atoms with Gasteiger partial charge in [0.25, 0.3) is 11.6 Å². The molecular formula is C14H14N4O6. The number of hydrogen-bond donors (Lipinski definition) is 1. The smallest absolute Gasteiger partial charge is 0.346 e. The first-order valence-electron chi connectivity index (χ1n) is 7.14. The molecule has 3 amide bonds. The number of amides is 3. The van der Waals surface area contributed by atoms with E-state index in [1.165, 1.54) is 12.1 Å². The largest absolute Gasteiger partial charge is 0.454 e. The van der Waals surface area contributed by atoms with Crippen molar-refractivity contribution in [3.63, 3.8) is 0 Å². The quantitative estimate of drug-likeness (QED) is 0.384. The van der Waals surface area contributed by atoms with Gasteiger partial charge in [-0.25, -0.2) is 4.79 Å². The number of carbonyl (C=O) groups is 2. The fourth-order valence-electron chi connectivity index (χ4n) is 2.34. The Morgan fingerprint density at radius 1 is 1.42 bits per heavy atom. The number of rotatable bonds is 4. The highest BCUT2D eigenvalue weighted by atomic mass is 16.7. The Labute approximate surface area is 136 Å². The van der Waals surface area contributed by atoms with Crippen molar-refractivity contribution in [1.29, 1.82) is 0 Å². The summed E-state index contributed by atoms with van der Waals surface area (Å²) in [5.74, 6) is 0.0692. The Morgan fingerprint density at radius 2 is 2.08 bits per heavy atom. The van der Waals surface area contributed by atoms with Crippen molar-refractivity contribution < 1.29 is 24.0 Å². The zero-order chi connectivity index (χ0) is 17.5. The standard InChI is InChI=1S/C14H14N4O6/c1-3-14(2)12(19)17(13(20)16-14)15-6-8-4-10-11(24-7-23-10)5-9(8)18(21)22/h4-6H,3,7H2,1-2H3,(H,16,20)/b15-6+. The maximum absolute atomic E-state index is 12.2. The third-order valence-corrected chi connectivity index (χ3v) is 3.98. The summed E-state index contributed by atoms with van der Waals surface area (Å²) < 4.78 is 10.3. The third-order valence-electron chi connectivity index (χ3n) is 3.98. The summed E-state index contributed by atoms with van der Waals surface area (Å²) >= 11 is 0. The number of nitrogens with one attached hydrogen (secondary N) is 1. The van der Waals surface area contributed by atoms with Crippen LogP contribution >= 0.6 is 0 Å². The van der Waals surface area contributed by atoms with Crippen LogP contribution in [0.2, 0.25) is 0 Å². The molecule has 0 radical (unpaired) electrons. The van der Waals surface area contributed by atoms with Gasteiger partial charge in [0.2, 0.25) is 6.79 Å². The summed E-state index contributed by atoms with van der Waals surface area (Å²) in [6.07, 6.45) is 1.48. The van der Waals surface area contributed by atoms with Crippen molar-refractivity contribution in [3.05, 3.63) is 27.8 Å². The predicted molar refractivity (Wildman–Crippen MR) is 80.9 cm³/mol. The maximum Gasteiger partial charge on any atom is 0.346 e. The van der Waals surface area contributed by atoms with Crippen LogP contribution in [-0.4, -0.2) is 40.4 Å². The first-order valence-corrected chi connectivity index (χ1v) is 7.14. The van der Waals surface area contributed by atoms with Crippen LogP contribution in [0.15, 0.2) is 17.2 Å². The average Bonchev–Trinajstić information content (AvgIpc) is 3.08.